The fourth-order valence-electron chi connectivity index (χ4n) is 2.33. The lowest BCUT2D eigenvalue weighted by Crippen LogP contribution is -2.13. The quantitative estimate of drug-likeness (QED) is 0.522. The van der Waals surface area contributed by atoms with E-state index < -0.39 is 0 Å². The third-order valence-electron chi connectivity index (χ3n) is 3.71. The minimum absolute atomic E-state index is 0.762. The maximum atomic E-state index is 5.73. The molecule has 0 saturated heterocycles. The molecule has 2 N–H and O–H groups in total. The van der Waals surface area contributed by atoms with Crippen molar-refractivity contribution in [2.24, 2.45) is 0 Å². The van der Waals surface area contributed by atoms with Gasteiger partial charge in [-0.05, 0) is 49.2 Å². The van der Waals surface area contributed by atoms with Crippen LogP contribution in [0.4, 0.5) is 11.4 Å². The molecule has 0 heterocycles. The highest BCUT2D eigenvalue weighted by Crippen LogP contribution is 2.18. The maximum absolute atomic E-state index is 5.73. The Kier molecular flexibility index (Phi) is 8.53. The van der Waals surface area contributed by atoms with Gasteiger partial charge in [0.2, 0.25) is 0 Å². The van der Waals surface area contributed by atoms with Crippen LogP contribution in [0.2, 0.25) is 0 Å². The topological polar surface area (TPSA) is 42.5 Å². The van der Waals surface area contributed by atoms with Gasteiger partial charge in [0.1, 0.15) is 11.5 Å². The molecule has 2 aromatic rings. The van der Waals surface area contributed by atoms with E-state index in [4.69, 9.17) is 9.47 Å². The third-order valence-corrected chi connectivity index (χ3v) is 3.71. The van der Waals surface area contributed by atoms with Gasteiger partial charge >= 0.3 is 0 Å². The zero-order chi connectivity index (χ0) is 17.7. The van der Waals surface area contributed by atoms with Crippen LogP contribution in [0.25, 0.3) is 0 Å². The van der Waals surface area contributed by atoms with E-state index in [0.717, 1.165) is 68.4 Å². The number of rotatable bonds is 12. The van der Waals surface area contributed by atoms with Gasteiger partial charge in [-0.1, -0.05) is 26.3 Å². The van der Waals surface area contributed by atoms with Gasteiger partial charge in [0, 0.05) is 30.5 Å². The first-order valence-electron chi connectivity index (χ1n) is 9.25. The van der Waals surface area contributed by atoms with Gasteiger partial charge in [-0.15, -0.1) is 0 Å². The summed E-state index contributed by atoms with van der Waals surface area (Å²) in [6.07, 6.45) is 3.26. The van der Waals surface area contributed by atoms with E-state index in [9.17, 15) is 0 Å². The van der Waals surface area contributed by atoms with Crippen LogP contribution >= 0.6 is 0 Å². The molecule has 0 aliphatic heterocycles. The van der Waals surface area contributed by atoms with E-state index in [1.165, 1.54) is 0 Å². The minimum atomic E-state index is 0.762. The molecule has 0 aliphatic carbocycles. The first-order chi connectivity index (χ1) is 12.3. The Morgan fingerprint density at radius 2 is 1.44 bits per heavy atom. The summed E-state index contributed by atoms with van der Waals surface area (Å²) in [6, 6.07) is 16.2. The first kappa shape index (κ1) is 19.0. The molecule has 136 valence electrons. The van der Waals surface area contributed by atoms with E-state index in [1.807, 2.05) is 36.4 Å². The summed E-state index contributed by atoms with van der Waals surface area (Å²) in [5, 5.41) is 6.82. The molecule has 2 aromatic carbocycles. The fraction of sp³-hybridized carbons (Fsp3) is 0.429. The van der Waals surface area contributed by atoms with Gasteiger partial charge in [-0.2, -0.15) is 0 Å². The highest BCUT2D eigenvalue weighted by Gasteiger charge is 1.98. The lowest BCUT2D eigenvalue weighted by Gasteiger charge is -2.11. The van der Waals surface area contributed by atoms with Crippen molar-refractivity contribution in [3.63, 3.8) is 0 Å². The summed E-state index contributed by atoms with van der Waals surface area (Å²) in [5.74, 6) is 1.85. The van der Waals surface area contributed by atoms with Gasteiger partial charge in [-0.3, -0.25) is 0 Å². The summed E-state index contributed by atoms with van der Waals surface area (Å²) in [6.45, 7) is 7.50. The molecular weight excluding hydrogens is 312 g/mol. The Hall–Kier alpha value is -2.36. The van der Waals surface area contributed by atoms with Crippen LogP contribution in [0.3, 0.4) is 0 Å². The monoisotopic (exact) mass is 342 g/mol. The van der Waals surface area contributed by atoms with Crippen molar-refractivity contribution in [1.29, 1.82) is 0 Å². The lowest BCUT2D eigenvalue weighted by atomic mass is 10.3. The summed E-state index contributed by atoms with van der Waals surface area (Å²) in [7, 11) is 0. The average Bonchev–Trinajstić information content (AvgIpc) is 2.65. The molecule has 0 bridgehead atoms. The third kappa shape index (κ3) is 7.38. The molecule has 0 aromatic heterocycles. The Morgan fingerprint density at radius 3 is 2.16 bits per heavy atom. The van der Waals surface area contributed by atoms with Crippen LogP contribution < -0.4 is 20.1 Å². The molecule has 0 saturated carbocycles. The molecule has 0 fully saturated rings. The highest BCUT2D eigenvalue weighted by atomic mass is 16.5. The van der Waals surface area contributed by atoms with Crippen LogP contribution in [0, 0.1) is 0 Å². The average molecular weight is 342 g/mol. The zero-order valence-corrected chi connectivity index (χ0v) is 15.4. The van der Waals surface area contributed by atoms with Gasteiger partial charge in [0.25, 0.3) is 0 Å². The van der Waals surface area contributed by atoms with Gasteiger partial charge in [0.05, 0.1) is 13.2 Å². The molecule has 0 radical (unpaired) electrons. The Morgan fingerprint density at radius 1 is 0.720 bits per heavy atom. The number of ether oxygens (including phenoxy) is 2. The predicted octanol–water partition coefficient (Wildman–Crippen LogP) is 5.18. The van der Waals surface area contributed by atoms with E-state index in [1.54, 1.807) is 0 Å². The largest absolute Gasteiger partial charge is 0.494 e. The van der Waals surface area contributed by atoms with Crippen molar-refractivity contribution in [1.82, 2.24) is 0 Å². The Labute approximate surface area is 151 Å². The van der Waals surface area contributed by atoms with E-state index in [0.29, 0.717) is 0 Å². The van der Waals surface area contributed by atoms with Crippen LogP contribution in [0.15, 0.2) is 48.5 Å². The number of hydrogen-bond acceptors (Lipinski definition) is 4. The molecule has 0 amide bonds. The van der Waals surface area contributed by atoms with Crippen molar-refractivity contribution < 1.29 is 9.47 Å². The summed E-state index contributed by atoms with van der Waals surface area (Å²) in [5.41, 5.74) is 2.18. The van der Waals surface area contributed by atoms with Crippen molar-refractivity contribution in [3.05, 3.63) is 48.5 Å². The number of nitrogens with one attached hydrogen (secondary N) is 2. The van der Waals surface area contributed by atoms with Crippen molar-refractivity contribution in [2.45, 2.75) is 33.1 Å². The van der Waals surface area contributed by atoms with E-state index in [2.05, 4.69) is 36.6 Å². The Bertz CT molecular complexity index is 599. The Balaban J connectivity index is 1.69. The highest BCUT2D eigenvalue weighted by molar-refractivity contribution is 5.49. The van der Waals surface area contributed by atoms with Crippen LogP contribution in [-0.2, 0) is 0 Å². The predicted molar refractivity (Wildman–Crippen MR) is 106 cm³/mol. The second-order valence-electron chi connectivity index (χ2n) is 5.96. The first-order valence-corrected chi connectivity index (χ1v) is 9.25. The van der Waals surface area contributed by atoms with Gasteiger partial charge in [0.15, 0.2) is 0 Å². The summed E-state index contributed by atoms with van der Waals surface area (Å²) < 4.78 is 11.3. The molecule has 25 heavy (non-hydrogen) atoms. The van der Waals surface area contributed by atoms with Gasteiger partial charge in [-0.25, -0.2) is 0 Å². The minimum Gasteiger partial charge on any atom is -0.494 e. The fourth-order valence-corrected chi connectivity index (χ4v) is 2.33. The molecule has 0 spiro atoms. The number of anilines is 2. The van der Waals surface area contributed by atoms with Crippen LogP contribution in [0.1, 0.15) is 33.1 Å². The van der Waals surface area contributed by atoms with Gasteiger partial charge < -0.3 is 20.1 Å². The maximum Gasteiger partial charge on any atom is 0.121 e. The smallest absolute Gasteiger partial charge is 0.121 e. The normalized spacial score (nSPS) is 10.3. The summed E-state index contributed by atoms with van der Waals surface area (Å²) in [4.78, 5) is 0. The number of hydrogen-bond donors (Lipinski definition) is 2. The molecular formula is C21H30N2O2. The number of benzene rings is 2. The van der Waals surface area contributed by atoms with Crippen molar-refractivity contribution in [3.8, 4) is 11.5 Å². The van der Waals surface area contributed by atoms with Crippen LogP contribution in [0.5, 0.6) is 11.5 Å². The zero-order valence-electron chi connectivity index (χ0n) is 15.4. The summed E-state index contributed by atoms with van der Waals surface area (Å²) >= 11 is 0. The van der Waals surface area contributed by atoms with Crippen LogP contribution in [-0.4, -0.2) is 26.3 Å². The molecule has 2 rings (SSSR count). The molecule has 0 aliphatic rings. The van der Waals surface area contributed by atoms with Crippen molar-refractivity contribution in [2.75, 3.05) is 36.9 Å². The van der Waals surface area contributed by atoms with Crippen molar-refractivity contribution >= 4 is 11.4 Å². The second-order valence-corrected chi connectivity index (χ2v) is 5.96. The molecule has 4 nitrogen and oxygen atoms in total. The molecule has 4 heteroatoms. The van der Waals surface area contributed by atoms with E-state index >= 15 is 0 Å². The second kappa shape index (κ2) is 11.2. The standard InChI is InChI=1S/C21H30N2O2/c1-3-5-16-25-21-8-6-7-19(17-21)23-14-13-22-18-9-11-20(12-10-18)24-15-4-2/h6-12,17,22-23H,3-5,13-16H2,1-2H3. The lowest BCUT2D eigenvalue weighted by molar-refractivity contribution is 0.309. The van der Waals surface area contributed by atoms with E-state index in [-0.39, 0.29) is 0 Å². The number of unbranched alkanes of at least 4 members (excludes halogenated alkanes) is 1. The SMILES string of the molecule is CCCCOc1cccc(NCCNc2ccc(OCCC)cc2)c1. The molecule has 0 unspecified atom stereocenters. The molecule has 0 atom stereocenters.